The maximum Gasteiger partial charge on any atom is 0.161 e. The van der Waals surface area contributed by atoms with Crippen molar-refractivity contribution in [3.8, 4) is 11.5 Å². The first kappa shape index (κ1) is 18.1. The van der Waals surface area contributed by atoms with Crippen LogP contribution in [0, 0.1) is 6.92 Å². The highest BCUT2D eigenvalue weighted by Gasteiger charge is 2.09. The zero-order chi connectivity index (χ0) is 18.5. The molecule has 6 heteroatoms. The van der Waals surface area contributed by atoms with Gasteiger partial charge in [-0.15, -0.1) is 0 Å². The number of benzene rings is 2. The van der Waals surface area contributed by atoms with Gasteiger partial charge in [0, 0.05) is 23.2 Å². The van der Waals surface area contributed by atoms with Crippen LogP contribution in [0.5, 0.6) is 11.5 Å². The van der Waals surface area contributed by atoms with Gasteiger partial charge < -0.3 is 15.2 Å². The highest BCUT2D eigenvalue weighted by Crippen LogP contribution is 2.30. The number of nitrogen functional groups attached to an aromatic ring is 1. The number of anilines is 1. The fourth-order valence-electron chi connectivity index (χ4n) is 2.47. The molecule has 0 spiro atoms. The van der Waals surface area contributed by atoms with Crippen LogP contribution in [0.1, 0.15) is 17.0 Å². The molecule has 0 fully saturated rings. The Kier molecular flexibility index (Phi) is 5.63. The van der Waals surface area contributed by atoms with Crippen LogP contribution in [0.15, 0.2) is 58.6 Å². The number of nitrogens with zero attached hydrogens (tertiary/aromatic N) is 2. The van der Waals surface area contributed by atoms with Gasteiger partial charge in [-0.3, -0.25) is 0 Å². The summed E-state index contributed by atoms with van der Waals surface area (Å²) < 4.78 is 10.6. The highest BCUT2D eigenvalue weighted by atomic mass is 32.2. The number of methoxy groups -OCH3 is 2. The SMILES string of the molecule is COc1ccc(Cc2ncc(C)c(Sc3ccc(N)cc3)n2)cc1OC. The third kappa shape index (κ3) is 4.26. The average Bonchev–Trinajstić information content (AvgIpc) is 2.66. The molecule has 26 heavy (non-hydrogen) atoms. The molecule has 0 unspecified atom stereocenters. The van der Waals surface area contributed by atoms with Crippen LogP contribution in [0.25, 0.3) is 0 Å². The zero-order valence-corrected chi connectivity index (χ0v) is 15.8. The van der Waals surface area contributed by atoms with Crippen LogP contribution in [-0.4, -0.2) is 24.2 Å². The Hall–Kier alpha value is -2.73. The fraction of sp³-hybridized carbons (Fsp3) is 0.200. The second-order valence-corrected chi connectivity index (χ2v) is 6.87. The summed E-state index contributed by atoms with van der Waals surface area (Å²) in [5, 5.41) is 0.945. The second kappa shape index (κ2) is 8.10. The van der Waals surface area contributed by atoms with Crippen LogP contribution in [0.2, 0.25) is 0 Å². The van der Waals surface area contributed by atoms with E-state index in [1.54, 1.807) is 26.0 Å². The van der Waals surface area contributed by atoms with Gasteiger partial charge in [-0.05, 0) is 54.4 Å². The molecule has 3 aromatic rings. The Bertz CT molecular complexity index is 898. The first-order valence-electron chi connectivity index (χ1n) is 8.16. The Morgan fingerprint density at radius 1 is 1.00 bits per heavy atom. The van der Waals surface area contributed by atoms with Gasteiger partial charge in [0.1, 0.15) is 10.9 Å². The number of ether oxygens (including phenoxy) is 2. The Morgan fingerprint density at radius 2 is 1.73 bits per heavy atom. The molecule has 1 heterocycles. The summed E-state index contributed by atoms with van der Waals surface area (Å²) in [7, 11) is 3.26. The van der Waals surface area contributed by atoms with E-state index in [1.807, 2.05) is 55.6 Å². The van der Waals surface area contributed by atoms with Gasteiger partial charge in [0.05, 0.1) is 14.2 Å². The largest absolute Gasteiger partial charge is 0.493 e. The van der Waals surface area contributed by atoms with Crippen molar-refractivity contribution in [3.63, 3.8) is 0 Å². The summed E-state index contributed by atoms with van der Waals surface area (Å²) in [4.78, 5) is 10.3. The van der Waals surface area contributed by atoms with E-state index in [4.69, 9.17) is 20.2 Å². The Balaban J connectivity index is 1.82. The van der Waals surface area contributed by atoms with Crippen molar-refractivity contribution in [3.05, 3.63) is 65.6 Å². The van der Waals surface area contributed by atoms with Crippen molar-refractivity contribution in [2.45, 2.75) is 23.3 Å². The summed E-state index contributed by atoms with van der Waals surface area (Å²) in [6.45, 7) is 2.01. The maximum atomic E-state index is 5.75. The van der Waals surface area contributed by atoms with Gasteiger partial charge in [0.25, 0.3) is 0 Å². The number of rotatable bonds is 6. The van der Waals surface area contributed by atoms with Crippen molar-refractivity contribution in [2.24, 2.45) is 0 Å². The van der Waals surface area contributed by atoms with Gasteiger partial charge in [-0.1, -0.05) is 17.8 Å². The van der Waals surface area contributed by atoms with E-state index in [1.165, 1.54) is 0 Å². The lowest BCUT2D eigenvalue weighted by molar-refractivity contribution is 0.354. The quantitative estimate of drug-likeness (QED) is 0.522. The van der Waals surface area contributed by atoms with Gasteiger partial charge in [-0.2, -0.15) is 0 Å². The highest BCUT2D eigenvalue weighted by molar-refractivity contribution is 7.99. The number of aromatic nitrogens is 2. The summed E-state index contributed by atoms with van der Waals surface area (Å²) in [5.41, 5.74) is 8.61. The molecule has 0 saturated carbocycles. The molecule has 134 valence electrons. The lowest BCUT2D eigenvalue weighted by atomic mass is 10.1. The lowest BCUT2D eigenvalue weighted by Crippen LogP contribution is -2.00. The molecule has 1 aromatic heterocycles. The van der Waals surface area contributed by atoms with Crippen LogP contribution < -0.4 is 15.2 Å². The average molecular weight is 367 g/mol. The van der Waals surface area contributed by atoms with E-state index in [0.29, 0.717) is 17.9 Å². The predicted molar refractivity (Wildman–Crippen MR) is 104 cm³/mol. The van der Waals surface area contributed by atoms with Crippen LogP contribution >= 0.6 is 11.8 Å². The summed E-state index contributed by atoms with van der Waals surface area (Å²) in [6, 6.07) is 13.6. The molecule has 0 atom stereocenters. The third-order valence-electron chi connectivity index (χ3n) is 3.88. The van der Waals surface area contributed by atoms with E-state index in [9.17, 15) is 0 Å². The molecule has 0 saturated heterocycles. The topological polar surface area (TPSA) is 70.3 Å². The van der Waals surface area contributed by atoms with E-state index in [-0.39, 0.29) is 0 Å². The minimum atomic E-state index is 0.621. The molecule has 0 aliphatic carbocycles. The van der Waals surface area contributed by atoms with Crippen molar-refractivity contribution in [1.29, 1.82) is 0 Å². The first-order valence-corrected chi connectivity index (χ1v) is 8.97. The molecule has 2 aromatic carbocycles. The van der Waals surface area contributed by atoms with Crippen LogP contribution in [0.3, 0.4) is 0 Å². The smallest absolute Gasteiger partial charge is 0.161 e. The number of nitrogens with two attached hydrogens (primary N) is 1. The molecule has 0 aliphatic rings. The van der Waals surface area contributed by atoms with E-state index in [2.05, 4.69) is 4.98 Å². The standard InChI is InChI=1S/C20H21N3O2S/c1-13-12-22-19(11-14-4-9-17(24-2)18(10-14)25-3)23-20(13)26-16-7-5-15(21)6-8-16/h4-10,12H,11,21H2,1-3H3. The van der Waals surface area contributed by atoms with E-state index in [0.717, 1.165) is 32.6 Å². The van der Waals surface area contributed by atoms with Gasteiger partial charge in [0.15, 0.2) is 11.5 Å². The third-order valence-corrected chi connectivity index (χ3v) is 4.99. The summed E-state index contributed by atoms with van der Waals surface area (Å²) in [5.74, 6) is 2.18. The molecule has 0 radical (unpaired) electrons. The van der Waals surface area contributed by atoms with Crippen molar-refractivity contribution < 1.29 is 9.47 Å². The van der Waals surface area contributed by atoms with Crippen molar-refractivity contribution >= 4 is 17.4 Å². The van der Waals surface area contributed by atoms with E-state index < -0.39 is 0 Å². The number of hydrogen-bond acceptors (Lipinski definition) is 6. The Labute approximate surface area is 157 Å². The predicted octanol–water partition coefficient (Wildman–Crippen LogP) is 4.13. The Morgan fingerprint density at radius 3 is 2.42 bits per heavy atom. The molecule has 0 bridgehead atoms. The summed E-state index contributed by atoms with van der Waals surface area (Å²) in [6.07, 6.45) is 2.48. The van der Waals surface area contributed by atoms with Crippen LogP contribution in [-0.2, 0) is 6.42 Å². The number of hydrogen-bond donors (Lipinski definition) is 1. The monoisotopic (exact) mass is 367 g/mol. The van der Waals surface area contributed by atoms with Gasteiger partial charge in [-0.25, -0.2) is 9.97 Å². The normalized spacial score (nSPS) is 10.6. The van der Waals surface area contributed by atoms with Crippen molar-refractivity contribution in [2.75, 3.05) is 20.0 Å². The molecule has 2 N–H and O–H groups in total. The molecular formula is C20H21N3O2S. The lowest BCUT2D eigenvalue weighted by Gasteiger charge is -2.10. The second-order valence-electron chi connectivity index (χ2n) is 5.81. The molecule has 0 amide bonds. The minimum Gasteiger partial charge on any atom is -0.493 e. The zero-order valence-electron chi connectivity index (χ0n) is 15.0. The fourth-order valence-corrected chi connectivity index (χ4v) is 3.33. The molecule has 3 rings (SSSR count). The first-order chi connectivity index (χ1) is 12.6. The molecule has 5 nitrogen and oxygen atoms in total. The van der Waals surface area contributed by atoms with Gasteiger partial charge in [0.2, 0.25) is 0 Å². The summed E-state index contributed by atoms with van der Waals surface area (Å²) >= 11 is 1.61. The minimum absolute atomic E-state index is 0.621. The van der Waals surface area contributed by atoms with Crippen LogP contribution in [0.4, 0.5) is 5.69 Å². The number of aryl methyl sites for hydroxylation is 1. The molecular weight excluding hydrogens is 346 g/mol. The van der Waals surface area contributed by atoms with Gasteiger partial charge >= 0.3 is 0 Å². The van der Waals surface area contributed by atoms with E-state index >= 15 is 0 Å². The van der Waals surface area contributed by atoms with Crippen molar-refractivity contribution in [1.82, 2.24) is 9.97 Å². The molecule has 0 aliphatic heterocycles. The maximum absolute atomic E-state index is 5.75.